The average Bonchev–Trinajstić information content (AvgIpc) is 2.84. The van der Waals surface area contributed by atoms with Crippen LogP contribution in [0.25, 0.3) is 17.2 Å². The van der Waals surface area contributed by atoms with Crippen molar-refractivity contribution in [3.8, 4) is 11.1 Å². The summed E-state index contributed by atoms with van der Waals surface area (Å²) >= 11 is -2.41. The molecule has 1 aliphatic rings. The average molecular weight is 438 g/mol. The fourth-order valence-electron chi connectivity index (χ4n) is 3.89. The molecule has 2 aromatic carbocycles. The van der Waals surface area contributed by atoms with E-state index in [0.29, 0.717) is 3.63 Å². The van der Waals surface area contributed by atoms with E-state index in [9.17, 15) is 0 Å². The Labute approximate surface area is 160 Å². The molecule has 0 aliphatic heterocycles. The molecule has 3 rings (SSSR count). The number of rotatable bonds is 4. The molecule has 0 heterocycles. The fourth-order valence-corrected chi connectivity index (χ4v) is 9.38. The second kappa shape index (κ2) is 7.49. The zero-order chi connectivity index (χ0) is 17.4. The molecule has 0 radical (unpaired) electrons. The van der Waals surface area contributed by atoms with Crippen LogP contribution in [0.2, 0.25) is 0 Å². The van der Waals surface area contributed by atoms with E-state index < -0.39 is 19.4 Å². The SMILES string of the molecule is CCCC1=Cc2c(ccc(C)c2-c2cc(C)cc(C)c2)[CH]1[Zr]([Cl])[Cl]. The van der Waals surface area contributed by atoms with Crippen molar-refractivity contribution in [1.82, 2.24) is 0 Å². The summed E-state index contributed by atoms with van der Waals surface area (Å²) in [6, 6.07) is 11.3. The molecule has 0 saturated carbocycles. The van der Waals surface area contributed by atoms with Crippen molar-refractivity contribution in [1.29, 1.82) is 0 Å². The molecule has 2 aromatic rings. The zero-order valence-electron chi connectivity index (χ0n) is 14.7. The van der Waals surface area contributed by atoms with E-state index in [1.807, 2.05) is 0 Å². The molecule has 24 heavy (non-hydrogen) atoms. The molecule has 0 bridgehead atoms. The third-order valence-electron chi connectivity index (χ3n) is 4.77. The van der Waals surface area contributed by atoms with Gasteiger partial charge in [0.2, 0.25) is 0 Å². The van der Waals surface area contributed by atoms with Crippen LogP contribution in [0.15, 0.2) is 35.9 Å². The number of aryl methyl sites for hydroxylation is 3. The summed E-state index contributed by atoms with van der Waals surface area (Å²) in [5.74, 6) is 0. The van der Waals surface area contributed by atoms with Gasteiger partial charge < -0.3 is 0 Å². The Morgan fingerprint density at radius 2 is 1.67 bits per heavy atom. The molecule has 0 spiro atoms. The summed E-state index contributed by atoms with van der Waals surface area (Å²) in [6.45, 7) is 8.76. The molecule has 0 nitrogen and oxygen atoms in total. The van der Waals surface area contributed by atoms with Gasteiger partial charge >= 0.3 is 161 Å². The van der Waals surface area contributed by atoms with Gasteiger partial charge in [0.15, 0.2) is 0 Å². The Bertz CT molecular complexity index is 785. The topological polar surface area (TPSA) is 0 Å². The summed E-state index contributed by atoms with van der Waals surface area (Å²) in [6.07, 6.45) is 4.61. The Balaban J connectivity index is 2.23. The van der Waals surface area contributed by atoms with Crippen molar-refractivity contribution < 1.29 is 19.4 Å². The third-order valence-corrected chi connectivity index (χ3v) is 10.1. The molecule has 1 aliphatic carbocycles. The van der Waals surface area contributed by atoms with Crippen molar-refractivity contribution in [3.05, 3.63) is 63.7 Å². The van der Waals surface area contributed by atoms with Gasteiger partial charge in [-0.25, -0.2) is 0 Å². The van der Waals surface area contributed by atoms with E-state index in [1.165, 1.54) is 44.5 Å². The molecule has 0 aromatic heterocycles. The maximum absolute atomic E-state index is 6.55. The van der Waals surface area contributed by atoms with Gasteiger partial charge in [0, 0.05) is 0 Å². The molecular formula is C21H23Cl2Zr. The van der Waals surface area contributed by atoms with Gasteiger partial charge in [-0.3, -0.25) is 0 Å². The van der Waals surface area contributed by atoms with Gasteiger partial charge in [-0.1, -0.05) is 0 Å². The quantitative estimate of drug-likeness (QED) is 0.466. The van der Waals surface area contributed by atoms with Gasteiger partial charge in [0.1, 0.15) is 0 Å². The Morgan fingerprint density at radius 1 is 1.00 bits per heavy atom. The van der Waals surface area contributed by atoms with Crippen molar-refractivity contribution >= 4 is 23.1 Å². The molecule has 0 saturated heterocycles. The van der Waals surface area contributed by atoms with Crippen LogP contribution in [0.5, 0.6) is 0 Å². The van der Waals surface area contributed by atoms with E-state index in [0.717, 1.165) is 12.8 Å². The monoisotopic (exact) mass is 435 g/mol. The maximum atomic E-state index is 6.55. The van der Waals surface area contributed by atoms with Crippen molar-refractivity contribution in [2.24, 2.45) is 0 Å². The summed E-state index contributed by atoms with van der Waals surface area (Å²) in [7, 11) is 13.1. The standard InChI is InChI=1S/C21H23.2ClH.Zr/c1-5-6-17-12-18-8-7-16(4)21(20(18)13-17)19-10-14(2)9-15(3)11-19;;;/h7-13H,5-6H2,1-4H3;2*1H;/q;;;+2/p-2. The Hall–Kier alpha value is -0.357. The molecule has 0 N–H and O–H groups in total. The van der Waals surface area contributed by atoms with Crippen LogP contribution in [0.1, 0.15) is 51.2 Å². The molecule has 125 valence electrons. The van der Waals surface area contributed by atoms with Gasteiger partial charge in [-0.15, -0.1) is 0 Å². The first kappa shape index (κ1) is 18.4. The summed E-state index contributed by atoms with van der Waals surface area (Å²) in [5, 5.41) is 0. The zero-order valence-corrected chi connectivity index (χ0v) is 18.7. The van der Waals surface area contributed by atoms with Crippen LogP contribution in [0.3, 0.4) is 0 Å². The number of benzene rings is 2. The first-order valence-electron chi connectivity index (χ1n) is 8.52. The van der Waals surface area contributed by atoms with Crippen molar-refractivity contribution in [2.45, 2.75) is 44.2 Å². The van der Waals surface area contributed by atoms with Crippen LogP contribution < -0.4 is 0 Å². The number of allylic oxidation sites excluding steroid dienone is 1. The molecule has 0 fully saturated rings. The normalized spacial score (nSPS) is 16.1. The predicted molar refractivity (Wildman–Crippen MR) is 103 cm³/mol. The number of halogens is 2. The van der Waals surface area contributed by atoms with Crippen LogP contribution >= 0.6 is 17.0 Å². The predicted octanol–water partition coefficient (Wildman–Crippen LogP) is 7.44. The molecule has 0 amide bonds. The van der Waals surface area contributed by atoms with E-state index >= 15 is 0 Å². The van der Waals surface area contributed by atoms with Crippen LogP contribution in [0.4, 0.5) is 0 Å². The summed E-state index contributed by atoms with van der Waals surface area (Å²) in [5.41, 5.74) is 10.8. The van der Waals surface area contributed by atoms with Crippen molar-refractivity contribution in [3.63, 3.8) is 0 Å². The first-order valence-corrected chi connectivity index (χ1v) is 16.3. The van der Waals surface area contributed by atoms with Gasteiger partial charge in [-0.05, 0) is 0 Å². The summed E-state index contributed by atoms with van der Waals surface area (Å²) in [4.78, 5) is 0. The number of hydrogen-bond acceptors (Lipinski definition) is 0. The van der Waals surface area contributed by atoms with E-state index in [2.05, 4.69) is 64.1 Å². The second-order valence-electron chi connectivity index (χ2n) is 6.83. The summed E-state index contributed by atoms with van der Waals surface area (Å²) < 4.78 is 0.316. The minimum absolute atomic E-state index is 0.316. The number of fused-ring (bicyclic) bond motifs is 1. The van der Waals surface area contributed by atoms with E-state index in [4.69, 9.17) is 17.0 Å². The van der Waals surface area contributed by atoms with E-state index in [-0.39, 0.29) is 0 Å². The minimum atomic E-state index is -2.41. The second-order valence-corrected chi connectivity index (χ2v) is 15.6. The van der Waals surface area contributed by atoms with Crippen LogP contribution in [0, 0.1) is 20.8 Å². The van der Waals surface area contributed by atoms with Crippen LogP contribution in [-0.4, -0.2) is 0 Å². The van der Waals surface area contributed by atoms with Gasteiger partial charge in [-0.2, -0.15) is 0 Å². The molecule has 1 unspecified atom stereocenters. The number of hydrogen-bond donors (Lipinski definition) is 0. The Morgan fingerprint density at radius 3 is 2.25 bits per heavy atom. The molecule has 3 heteroatoms. The fraction of sp³-hybridized carbons (Fsp3) is 0.333. The van der Waals surface area contributed by atoms with Crippen LogP contribution in [-0.2, 0) is 19.4 Å². The first-order chi connectivity index (χ1) is 11.4. The third kappa shape index (κ3) is 3.46. The van der Waals surface area contributed by atoms with Gasteiger partial charge in [0.05, 0.1) is 0 Å². The Kier molecular flexibility index (Phi) is 5.75. The van der Waals surface area contributed by atoms with Crippen molar-refractivity contribution in [2.75, 3.05) is 0 Å². The van der Waals surface area contributed by atoms with Gasteiger partial charge in [0.25, 0.3) is 0 Å². The molecule has 1 atom stereocenters. The van der Waals surface area contributed by atoms with E-state index in [1.54, 1.807) is 0 Å². The molecular weight excluding hydrogens is 414 g/mol.